The van der Waals surface area contributed by atoms with Crippen LogP contribution >= 0.6 is 0 Å². The van der Waals surface area contributed by atoms with E-state index in [2.05, 4.69) is 39.9 Å². The molecule has 4 rings (SSSR count). The van der Waals surface area contributed by atoms with Gasteiger partial charge in [0.1, 0.15) is 5.65 Å². The minimum atomic E-state index is -0.594. The predicted molar refractivity (Wildman–Crippen MR) is 182 cm³/mol. The van der Waals surface area contributed by atoms with E-state index in [-0.39, 0.29) is 18.6 Å². The predicted octanol–water partition coefficient (Wildman–Crippen LogP) is 8.50. The summed E-state index contributed by atoms with van der Waals surface area (Å²) in [6, 6.07) is 17.4. The number of carbonyl (C=O) groups is 1. The summed E-state index contributed by atoms with van der Waals surface area (Å²) in [7, 11) is 0. The summed E-state index contributed by atoms with van der Waals surface area (Å²) >= 11 is 0. The lowest BCUT2D eigenvalue weighted by Crippen LogP contribution is -2.37. The Balaban J connectivity index is 0.000000916. The number of aliphatic hydroxyl groups excluding tert-OH is 2. The van der Waals surface area contributed by atoms with E-state index in [1.807, 2.05) is 99.1 Å². The molecule has 2 heterocycles. The van der Waals surface area contributed by atoms with Gasteiger partial charge in [-0.1, -0.05) is 91.3 Å². The van der Waals surface area contributed by atoms with Crippen LogP contribution in [0.15, 0.2) is 67.0 Å². The SMILES string of the molecule is CC.CC(C)C.CCC.Cc1ccc(C(=O)N[C@H](CCO)Cc2ccc(-c3cn4cccc(C(C)O)c4n3)cc2)cc1C. The number of fused-ring (bicyclic) bond motifs is 1. The Kier molecular flexibility index (Phi) is 17.2. The maximum Gasteiger partial charge on any atom is 0.251 e. The van der Waals surface area contributed by atoms with Crippen molar-refractivity contribution in [3.63, 3.8) is 0 Å². The highest BCUT2D eigenvalue weighted by Crippen LogP contribution is 2.24. The highest BCUT2D eigenvalue weighted by molar-refractivity contribution is 5.94. The van der Waals surface area contributed by atoms with E-state index < -0.39 is 6.10 Å². The van der Waals surface area contributed by atoms with E-state index in [4.69, 9.17) is 4.98 Å². The molecular formula is C37H55N3O3. The van der Waals surface area contributed by atoms with Crippen LogP contribution in [0.2, 0.25) is 0 Å². The lowest BCUT2D eigenvalue weighted by Gasteiger charge is -2.18. The molecule has 0 bridgehead atoms. The molecule has 0 saturated carbocycles. The van der Waals surface area contributed by atoms with Crippen LogP contribution < -0.4 is 5.32 Å². The minimum Gasteiger partial charge on any atom is -0.396 e. The van der Waals surface area contributed by atoms with Crippen LogP contribution in [0.4, 0.5) is 0 Å². The summed E-state index contributed by atoms with van der Waals surface area (Å²) in [5.41, 5.74) is 7.26. The Labute approximate surface area is 260 Å². The van der Waals surface area contributed by atoms with Gasteiger partial charge >= 0.3 is 0 Å². The molecule has 0 spiro atoms. The molecule has 0 aliphatic carbocycles. The molecule has 0 saturated heterocycles. The maximum atomic E-state index is 12.8. The molecule has 0 fully saturated rings. The van der Waals surface area contributed by atoms with Crippen molar-refractivity contribution in [2.45, 2.75) is 101 Å². The number of rotatable bonds is 8. The second kappa shape index (κ2) is 19.7. The third kappa shape index (κ3) is 12.3. The average molecular weight is 590 g/mol. The van der Waals surface area contributed by atoms with Crippen LogP contribution in [0.5, 0.6) is 0 Å². The number of carbonyl (C=O) groups excluding carboxylic acids is 1. The number of aliphatic hydroxyl groups is 2. The number of hydrogen-bond donors (Lipinski definition) is 3. The highest BCUT2D eigenvalue weighted by Gasteiger charge is 2.16. The summed E-state index contributed by atoms with van der Waals surface area (Å²) in [5.74, 6) is 0.705. The Morgan fingerprint density at radius 2 is 1.56 bits per heavy atom. The Morgan fingerprint density at radius 3 is 2.09 bits per heavy atom. The highest BCUT2D eigenvalue weighted by atomic mass is 16.3. The van der Waals surface area contributed by atoms with Crippen molar-refractivity contribution >= 4 is 11.6 Å². The van der Waals surface area contributed by atoms with E-state index in [9.17, 15) is 15.0 Å². The third-order valence-corrected chi connectivity index (χ3v) is 6.28. The first-order chi connectivity index (χ1) is 20.5. The van der Waals surface area contributed by atoms with Gasteiger partial charge in [-0.25, -0.2) is 4.98 Å². The number of imidazole rings is 1. The molecule has 2 atom stereocenters. The van der Waals surface area contributed by atoms with Crippen molar-refractivity contribution < 1.29 is 15.0 Å². The first-order valence-electron chi connectivity index (χ1n) is 15.7. The second-order valence-electron chi connectivity index (χ2n) is 11.3. The molecule has 0 radical (unpaired) electrons. The molecule has 2 aromatic heterocycles. The smallest absolute Gasteiger partial charge is 0.251 e. The fraction of sp³-hybridized carbons (Fsp3) is 0.459. The Morgan fingerprint density at radius 1 is 0.953 bits per heavy atom. The van der Waals surface area contributed by atoms with Gasteiger partial charge in [0.15, 0.2) is 0 Å². The monoisotopic (exact) mass is 589 g/mol. The molecule has 43 heavy (non-hydrogen) atoms. The van der Waals surface area contributed by atoms with Crippen LogP contribution in [-0.4, -0.2) is 38.2 Å². The molecular weight excluding hydrogens is 534 g/mol. The minimum absolute atomic E-state index is 0.00279. The number of nitrogens with zero attached hydrogens (tertiary/aromatic N) is 2. The van der Waals surface area contributed by atoms with Gasteiger partial charge in [-0.05, 0) is 74.4 Å². The van der Waals surface area contributed by atoms with Crippen molar-refractivity contribution in [3.8, 4) is 11.3 Å². The van der Waals surface area contributed by atoms with Crippen molar-refractivity contribution in [3.05, 3.63) is 94.8 Å². The summed E-state index contributed by atoms with van der Waals surface area (Å²) in [6.07, 6.45) is 5.63. The lowest BCUT2D eigenvalue weighted by atomic mass is 10.0. The van der Waals surface area contributed by atoms with Gasteiger partial charge in [0.25, 0.3) is 5.91 Å². The molecule has 1 amide bonds. The maximum absolute atomic E-state index is 12.8. The number of benzene rings is 2. The van der Waals surface area contributed by atoms with E-state index in [0.717, 1.165) is 45.1 Å². The van der Waals surface area contributed by atoms with Gasteiger partial charge in [-0.3, -0.25) is 4.79 Å². The zero-order valence-corrected chi connectivity index (χ0v) is 28.1. The molecule has 236 valence electrons. The number of pyridine rings is 1. The van der Waals surface area contributed by atoms with E-state index in [0.29, 0.717) is 18.4 Å². The van der Waals surface area contributed by atoms with E-state index >= 15 is 0 Å². The lowest BCUT2D eigenvalue weighted by molar-refractivity contribution is 0.0930. The molecule has 0 aliphatic heterocycles. The summed E-state index contributed by atoms with van der Waals surface area (Å²) in [4.78, 5) is 17.5. The van der Waals surface area contributed by atoms with Crippen molar-refractivity contribution in [2.24, 2.45) is 5.92 Å². The summed E-state index contributed by atoms with van der Waals surface area (Å²) in [5, 5.41) is 22.6. The normalized spacial score (nSPS) is 11.7. The quantitative estimate of drug-likeness (QED) is 0.192. The number of aryl methyl sites for hydroxylation is 2. The van der Waals surface area contributed by atoms with Gasteiger partial charge in [-0.2, -0.15) is 0 Å². The van der Waals surface area contributed by atoms with Crippen molar-refractivity contribution in [1.29, 1.82) is 0 Å². The molecule has 2 aromatic carbocycles. The number of hydrogen-bond acceptors (Lipinski definition) is 4. The first-order valence-corrected chi connectivity index (χ1v) is 15.7. The van der Waals surface area contributed by atoms with Crippen molar-refractivity contribution in [2.75, 3.05) is 6.61 Å². The Hall–Kier alpha value is -3.48. The molecule has 6 nitrogen and oxygen atoms in total. The largest absolute Gasteiger partial charge is 0.396 e. The first kappa shape index (κ1) is 37.5. The van der Waals surface area contributed by atoms with E-state index in [1.54, 1.807) is 6.92 Å². The molecule has 0 aliphatic rings. The van der Waals surface area contributed by atoms with Crippen molar-refractivity contribution in [1.82, 2.24) is 14.7 Å². The average Bonchev–Trinajstić information content (AvgIpc) is 3.41. The molecule has 6 heteroatoms. The van der Waals surface area contributed by atoms with E-state index in [1.165, 1.54) is 6.42 Å². The van der Waals surface area contributed by atoms with Crippen LogP contribution in [0.3, 0.4) is 0 Å². The second-order valence-corrected chi connectivity index (χ2v) is 11.3. The van der Waals surface area contributed by atoms with Gasteiger partial charge in [-0.15, -0.1) is 0 Å². The number of nitrogens with one attached hydrogen (secondary N) is 1. The zero-order chi connectivity index (χ0) is 32.5. The standard InChI is InChI=1S/C28H31N3O3.C4H10.C3H8.C2H6/c1-18-6-9-23(15-19(18)2)28(34)29-24(12-14-32)16-21-7-10-22(11-8-21)26-17-31-13-4-5-25(20(3)33)27(31)30-26;1-4(2)3;1-3-2;1-2/h4-11,13,15,17,20,24,32-33H,12,14,16H2,1-3H3,(H,29,34);4H,1-3H3;3H2,1-2H3;1-2H3/t20?,24-;;;/m1.../s1. The Bertz CT molecular complexity index is 1350. The van der Waals surface area contributed by atoms with Crippen LogP contribution in [0.1, 0.15) is 107 Å². The van der Waals surface area contributed by atoms with Crippen LogP contribution in [0.25, 0.3) is 16.9 Å². The summed E-state index contributed by atoms with van der Waals surface area (Å²) in [6.45, 7) is 20.5. The number of amides is 1. The van der Waals surface area contributed by atoms with Gasteiger partial charge in [0.05, 0.1) is 11.8 Å². The van der Waals surface area contributed by atoms with Gasteiger partial charge < -0.3 is 19.9 Å². The van der Waals surface area contributed by atoms with Gasteiger partial charge in [0.2, 0.25) is 0 Å². The third-order valence-electron chi connectivity index (χ3n) is 6.28. The summed E-state index contributed by atoms with van der Waals surface area (Å²) < 4.78 is 1.92. The fourth-order valence-corrected chi connectivity index (χ4v) is 4.13. The van der Waals surface area contributed by atoms with Crippen LogP contribution in [-0.2, 0) is 6.42 Å². The molecule has 1 unspecified atom stereocenters. The molecule has 4 aromatic rings. The fourth-order valence-electron chi connectivity index (χ4n) is 4.13. The number of aromatic nitrogens is 2. The topological polar surface area (TPSA) is 86.9 Å². The van der Waals surface area contributed by atoms with Gasteiger partial charge in [0, 0.05) is 41.7 Å². The van der Waals surface area contributed by atoms with Crippen LogP contribution in [0, 0.1) is 19.8 Å². The molecule has 3 N–H and O–H groups in total. The zero-order valence-electron chi connectivity index (χ0n) is 28.1.